The fourth-order valence-corrected chi connectivity index (χ4v) is 5.83. The number of benzene rings is 1. The van der Waals surface area contributed by atoms with Crippen molar-refractivity contribution in [3.8, 4) is 0 Å². The second-order valence-electron chi connectivity index (χ2n) is 8.55. The van der Waals surface area contributed by atoms with Gasteiger partial charge in [-0.05, 0) is 49.1 Å². The molecule has 1 saturated carbocycles. The average Bonchev–Trinajstić information content (AvgIpc) is 3.48. The van der Waals surface area contributed by atoms with Crippen molar-refractivity contribution in [3.05, 3.63) is 64.1 Å². The van der Waals surface area contributed by atoms with Crippen molar-refractivity contribution in [3.63, 3.8) is 0 Å². The summed E-state index contributed by atoms with van der Waals surface area (Å²) in [6.45, 7) is 3.57. The maximum atomic E-state index is 12.8. The van der Waals surface area contributed by atoms with Crippen LogP contribution in [0.25, 0.3) is 0 Å². The predicted molar refractivity (Wildman–Crippen MR) is 132 cm³/mol. The lowest BCUT2D eigenvalue weighted by atomic mass is 9.89. The van der Waals surface area contributed by atoms with Gasteiger partial charge >= 0.3 is 0 Å². The summed E-state index contributed by atoms with van der Waals surface area (Å²) in [4.78, 5) is 14.0. The lowest BCUT2D eigenvalue weighted by Gasteiger charge is -2.22. The van der Waals surface area contributed by atoms with E-state index in [0.29, 0.717) is 5.92 Å². The van der Waals surface area contributed by atoms with Gasteiger partial charge in [-0.2, -0.15) is 0 Å². The molecular formula is C25H32N4OS2. The highest BCUT2D eigenvalue weighted by molar-refractivity contribution is 8.00. The second-order valence-corrected chi connectivity index (χ2v) is 10.9. The minimum absolute atomic E-state index is 0.0954. The minimum atomic E-state index is -0.201. The van der Waals surface area contributed by atoms with E-state index >= 15 is 0 Å². The number of aromatic nitrogens is 3. The largest absolute Gasteiger partial charge is 0.355 e. The van der Waals surface area contributed by atoms with Crippen molar-refractivity contribution in [1.29, 1.82) is 0 Å². The van der Waals surface area contributed by atoms with Crippen LogP contribution in [0.2, 0.25) is 0 Å². The standard InChI is InChI=1S/C25H32N4OS2/c1-19(24(30)26-18-21-11-6-3-7-12-21)32-25-28-27-23(17-22-13-8-16-31-22)29(25)15-14-20-9-4-2-5-10-20/h2,4-5,8-10,13,16,19,21H,3,6-7,11-12,14-15,17-18H2,1H3,(H,26,30). The summed E-state index contributed by atoms with van der Waals surface area (Å²) in [7, 11) is 0. The van der Waals surface area contributed by atoms with Gasteiger partial charge in [-0.15, -0.1) is 21.5 Å². The number of aryl methyl sites for hydroxylation is 1. The Morgan fingerprint density at radius 3 is 2.72 bits per heavy atom. The normalized spacial score (nSPS) is 15.5. The van der Waals surface area contributed by atoms with Crippen molar-refractivity contribution < 1.29 is 4.79 Å². The van der Waals surface area contributed by atoms with Crippen LogP contribution < -0.4 is 5.32 Å². The first-order chi connectivity index (χ1) is 15.7. The second kappa shape index (κ2) is 11.7. The van der Waals surface area contributed by atoms with Crippen molar-refractivity contribution in [2.45, 2.75) is 68.8 Å². The summed E-state index contributed by atoms with van der Waals surface area (Å²) in [5.74, 6) is 1.69. The van der Waals surface area contributed by atoms with E-state index in [1.807, 2.05) is 13.0 Å². The first kappa shape index (κ1) is 23.1. The molecule has 5 nitrogen and oxygen atoms in total. The van der Waals surface area contributed by atoms with Crippen LogP contribution in [0.1, 0.15) is 55.3 Å². The Morgan fingerprint density at radius 1 is 1.16 bits per heavy atom. The molecule has 7 heteroatoms. The summed E-state index contributed by atoms with van der Waals surface area (Å²) < 4.78 is 2.20. The topological polar surface area (TPSA) is 59.8 Å². The molecular weight excluding hydrogens is 436 g/mol. The zero-order valence-electron chi connectivity index (χ0n) is 18.7. The molecule has 4 rings (SSSR count). The molecule has 2 heterocycles. The number of nitrogens with one attached hydrogen (secondary N) is 1. The summed E-state index contributed by atoms with van der Waals surface area (Å²) in [5.41, 5.74) is 1.29. The first-order valence-corrected chi connectivity index (χ1v) is 13.4. The molecule has 0 saturated heterocycles. The van der Waals surface area contributed by atoms with Gasteiger partial charge in [0.2, 0.25) is 5.91 Å². The number of hydrogen-bond donors (Lipinski definition) is 1. The van der Waals surface area contributed by atoms with E-state index in [0.717, 1.165) is 36.9 Å². The fourth-order valence-electron chi connectivity index (χ4n) is 4.21. The van der Waals surface area contributed by atoms with E-state index in [1.54, 1.807) is 11.3 Å². The molecule has 3 aromatic rings. The van der Waals surface area contributed by atoms with Gasteiger partial charge in [0.15, 0.2) is 5.16 Å². The molecule has 1 amide bonds. The molecule has 0 spiro atoms. The zero-order chi connectivity index (χ0) is 22.2. The Kier molecular flexibility index (Phi) is 8.40. The average molecular weight is 469 g/mol. The number of carbonyl (C=O) groups is 1. The maximum Gasteiger partial charge on any atom is 0.233 e. The Bertz CT molecular complexity index is 965. The predicted octanol–water partition coefficient (Wildman–Crippen LogP) is 5.35. The third-order valence-electron chi connectivity index (χ3n) is 6.11. The van der Waals surface area contributed by atoms with Crippen LogP contribution in [-0.4, -0.2) is 32.5 Å². The third-order valence-corrected chi connectivity index (χ3v) is 8.07. The van der Waals surface area contributed by atoms with E-state index in [1.165, 1.54) is 54.3 Å². The van der Waals surface area contributed by atoms with E-state index in [4.69, 9.17) is 0 Å². The van der Waals surface area contributed by atoms with Gasteiger partial charge in [0, 0.05) is 24.4 Å². The SMILES string of the molecule is CC(Sc1nnc(Cc2cccs2)n1CCc1ccccc1)C(=O)NCC1CCCCC1. The van der Waals surface area contributed by atoms with Crippen LogP contribution in [0, 0.1) is 5.92 Å². The molecule has 1 aliphatic rings. The van der Waals surface area contributed by atoms with Gasteiger partial charge in [-0.3, -0.25) is 4.79 Å². The number of amides is 1. The molecule has 0 aliphatic heterocycles. The molecule has 1 N–H and O–H groups in total. The van der Waals surface area contributed by atoms with Gasteiger partial charge in [-0.25, -0.2) is 0 Å². The highest BCUT2D eigenvalue weighted by atomic mass is 32.2. The zero-order valence-corrected chi connectivity index (χ0v) is 20.3. The van der Waals surface area contributed by atoms with Crippen LogP contribution in [0.3, 0.4) is 0 Å². The monoisotopic (exact) mass is 468 g/mol. The summed E-state index contributed by atoms with van der Waals surface area (Å²) >= 11 is 3.25. The Labute approximate surface area is 199 Å². The van der Waals surface area contributed by atoms with Crippen LogP contribution in [0.15, 0.2) is 53.0 Å². The third kappa shape index (κ3) is 6.45. The lowest BCUT2D eigenvalue weighted by Crippen LogP contribution is -2.35. The number of rotatable bonds is 10. The van der Waals surface area contributed by atoms with Crippen molar-refractivity contribution >= 4 is 29.0 Å². The Morgan fingerprint density at radius 2 is 1.97 bits per heavy atom. The quantitative estimate of drug-likeness (QED) is 0.408. The molecule has 1 atom stereocenters. The fraction of sp³-hybridized carbons (Fsp3) is 0.480. The van der Waals surface area contributed by atoms with Gasteiger partial charge in [0.1, 0.15) is 5.82 Å². The number of carbonyl (C=O) groups excluding carboxylic acids is 1. The lowest BCUT2D eigenvalue weighted by molar-refractivity contribution is -0.120. The van der Waals surface area contributed by atoms with Crippen LogP contribution in [0.5, 0.6) is 0 Å². The van der Waals surface area contributed by atoms with Crippen LogP contribution in [-0.2, 0) is 24.2 Å². The van der Waals surface area contributed by atoms with Crippen LogP contribution >= 0.6 is 23.1 Å². The highest BCUT2D eigenvalue weighted by Crippen LogP contribution is 2.26. The molecule has 0 bridgehead atoms. The molecule has 170 valence electrons. The van der Waals surface area contributed by atoms with Crippen molar-refractivity contribution in [2.75, 3.05) is 6.54 Å². The molecule has 1 aliphatic carbocycles. The minimum Gasteiger partial charge on any atom is -0.355 e. The van der Waals surface area contributed by atoms with Gasteiger partial charge < -0.3 is 9.88 Å². The summed E-state index contributed by atoms with van der Waals surface area (Å²) in [5, 5.41) is 14.9. The number of thiophene rings is 1. The molecule has 2 aromatic heterocycles. The summed E-state index contributed by atoms with van der Waals surface area (Å²) in [6.07, 6.45) is 8.08. The number of nitrogens with zero attached hydrogens (tertiary/aromatic N) is 3. The van der Waals surface area contributed by atoms with Crippen molar-refractivity contribution in [1.82, 2.24) is 20.1 Å². The van der Waals surface area contributed by atoms with E-state index in [-0.39, 0.29) is 11.2 Å². The maximum absolute atomic E-state index is 12.8. The number of thioether (sulfide) groups is 1. The highest BCUT2D eigenvalue weighted by Gasteiger charge is 2.22. The Hall–Kier alpha value is -2.12. The number of hydrogen-bond acceptors (Lipinski definition) is 5. The molecule has 32 heavy (non-hydrogen) atoms. The van der Waals surface area contributed by atoms with Gasteiger partial charge in [0.05, 0.1) is 5.25 Å². The smallest absolute Gasteiger partial charge is 0.233 e. The summed E-state index contributed by atoms with van der Waals surface area (Å²) in [6, 6.07) is 14.7. The molecule has 1 aromatic carbocycles. The molecule has 1 fully saturated rings. The Balaban J connectivity index is 1.41. The molecule has 1 unspecified atom stereocenters. The van der Waals surface area contributed by atoms with E-state index in [2.05, 4.69) is 61.9 Å². The molecule has 0 radical (unpaired) electrons. The van der Waals surface area contributed by atoms with E-state index < -0.39 is 0 Å². The van der Waals surface area contributed by atoms with E-state index in [9.17, 15) is 4.79 Å². The van der Waals surface area contributed by atoms with Gasteiger partial charge in [-0.1, -0.05) is 67.4 Å². The van der Waals surface area contributed by atoms with Crippen molar-refractivity contribution in [2.24, 2.45) is 5.92 Å². The van der Waals surface area contributed by atoms with Crippen LogP contribution in [0.4, 0.5) is 0 Å². The first-order valence-electron chi connectivity index (χ1n) is 11.6. The van der Waals surface area contributed by atoms with Gasteiger partial charge in [0.25, 0.3) is 0 Å².